The Kier molecular flexibility index (Phi) is 6.06. The van der Waals surface area contributed by atoms with Gasteiger partial charge in [0.15, 0.2) is 0 Å². The van der Waals surface area contributed by atoms with Crippen LogP contribution in [-0.4, -0.2) is 59.9 Å². The smallest absolute Gasteiger partial charge is 0.254 e. The van der Waals surface area contributed by atoms with Crippen LogP contribution in [0.3, 0.4) is 0 Å². The van der Waals surface area contributed by atoms with Crippen molar-refractivity contribution < 1.29 is 14.3 Å². The third-order valence-electron chi connectivity index (χ3n) is 4.84. The first-order valence-corrected chi connectivity index (χ1v) is 9.19. The van der Waals surface area contributed by atoms with Crippen LogP contribution in [0.5, 0.6) is 5.75 Å². The Labute approximate surface area is 159 Å². The van der Waals surface area contributed by atoms with Crippen LogP contribution in [0.25, 0.3) is 0 Å². The van der Waals surface area contributed by atoms with Crippen molar-refractivity contribution in [3.05, 3.63) is 59.4 Å². The molecule has 1 aliphatic heterocycles. The van der Waals surface area contributed by atoms with Crippen LogP contribution < -0.4 is 4.74 Å². The van der Waals surface area contributed by atoms with E-state index in [0.29, 0.717) is 38.2 Å². The van der Waals surface area contributed by atoms with Gasteiger partial charge in [0.1, 0.15) is 5.75 Å². The average Bonchev–Trinajstić information content (AvgIpc) is 2.94. The van der Waals surface area contributed by atoms with Gasteiger partial charge in [-0.2, -0.15) is 0 Å². The second-order valence-corrected chi connectivity index (χ2v) is 6.75. The van der Waals surface area contributed by atoms with Gasteiger partial charge in [-0.1, -0.05) is 17.7 Å². The minimum atomic E-state index is -0.00736. The standard InChI is InChI=1S/C21H25N3O3/c1-16-4-5-19(27-2)18(14-16)15-20(25)23-10-3-11-24(13-12-23)21(26)17-6-8-22-9-7-17/h4-9,14H,3,10-13,15H2,1-2H3. The number of pyridine rings is 1. The van der Waals surface area contributed by atoms with E-state index in [1.54, 1.807) is 31.6 Å². The van der Waals surface area contributed by atoms with E-state index in [4.69, 9.17) is 4.74 Å². The molecule has 0 aliphatic carbocycles. The van der Waals surface area contributed by atoms with Crippen LogP contribution >= 0.6 is 0 Å². The van der Waals surface area contributed by atoms with Crippen molar-refractivity contribution in [3.63, 3.8) is 0 Å². The van der Waals surface area contributed by atoms with E-state index >= 15 is 0 Å². The molecule has 1 fully saturated rings. The molecule has 2 amide bonds. The summed E-state index contributed by atoms with van der Waals surface area (Å²) >= 11 is 0. The molecule has 6 nitrogen and oxygen atoms in total. The monoisotopic (exact) mass is 367 g/mol. The fourth-order valence-corrected chi connectivity index (χ4v) is 3.37. The zero-order valence-corrected chi connectivity index (χ0v) is 15.9. The molecule has 0 N–H and O–H groups in total. The highest BCUT2D eigenvalue weighted by molar-refractivity contribution is 5.94. The third kappa shape index (κ3) is 4.64. The van der Waals surface area contributed by atoms with Crippen molar-refractivity contribution >= 4 is 11.8 Å². The molecule has 0 unspecified atom stereocenters. The Morgan fingerprint density at radius 3 is 2.48 bits per heavy atom. The predicted molar refractivity (Wildman–Crippen MR) is 103 cm³/mol. The Bertz CT molecular complexity index is 808. The summed E-state index contributed by atoms with van der Waals surface area (Å²) in [6, 6.07) is 9.31. The van der Waals surface area contributed by atoms with Crippen molar-refractivity contribution in [3.8, 4) is 5.75 Å². The third-order valence-corrected chi connectivity index (χ3v) is 4.84. The molecule has 0 spiro atoms. The Morgan fingerprint density at radius 1 is 1.04 bits per heavy atom. The van der Waals surface area contributed by atoms with Crippen molar-refractivity contribution in [1.29, 1.82) is 0 Å². The molecule has 1 saturated heterocycles. The Hall–Kier alpha value is -2.89. The normalized spacial score (nSPS) is 14.6. The van der Waals surface area contributed by atoms with Gasteiger partial charge in [-0.3, -0.25) is 14.6 Å². The topological polar surface area (TPSA) is 62.7 Å². The first kappa shape index (κ1) is 18.9. The number of aromatic nitrogens is 1. The lowest BCUT2D eigenvalue weighted by atomic mass is 10.1. The molecule has 1 aliphatic rings. The second kappa shape index (κ2) is 8.66. The Morgan fingerprint density at radius 2 is 1.74 bits per heavy atom. The predicted octanol–water partition coefficient (Wildman–Crippen LogP) is 2.32. The van der Waals surface area contributed by atoms with Crippen LogP contribution in [0.15, 0.2) is 42.7 Å². The number of amides is 2. The number of methoxy groups -OCH3 is 1. The molecule has 1 aromatic heterocycles. The quantitative estimate of drug-likeness (QED) is 0.832. The zero-order chi connectivity index (χ0) is 19.2. The minimum absolute atomic E-state index is 0.00736. The highest BCUT2D eigenvalue weighted by Crippen LogP contribution is 2.21. The molecule has 6 heteroatoms. The number of nitrogens with zero attached hydrogens (tertiary/aromatic N) is 3. The summed E-state index contributed by atoms with van der Waals surface area (Å²) in [6.45, 7) is 4.40. The molecule has 0 saturated carbocycles. The number of benzene rings is 1. The van der Waals surface area contributed by atoms with Gasteiger partial charge in [0, 0.05) is 49.7 Å². The molecule has 1 aromatic carbocycles. The SMILES string of the molecule is COc1ccc(C)cc1CC(=O)N1CCCN(C(=O)c2ccncc2)CC1. The molecule has 2 aromatic rings. The van der Waals surface area contributed by atoms with Crippen molar-refractivity contribution in [1.82, 2.24) is 14.8 Å². The maximum Gasteiger partial charge on any atom is 0.254 e. The zero-order valence-electron chi connectivity index (χ0n) is 15.9. The van der Waals surface area contributed by atoms with Crippen LogP contribution in [0.4, 0.5) is 0 Å². The first-order valence-electron chi connectivity index (χ1n) is 9.19. The number of rotatable bonds is 4. The van der Waals surface area contributed by atoms with Crippen molar-refractivity contribution in [2.45, 2.75) is 19.8 Å². The molecule has 0 atom stereocenters. The summed E-state index contributed by atoms with van der Waals surface area (Å²) in [4.78, 5) is 33.0. The number of hydrogen-bond acceptors (Lipinski definition) is 4. The average molecular weight is 367 g/mol. The van der Waals surface area contributed by atoms with Gasteiger partial charge >= 0.3 is 0 Å². The summed E-state index contributed by atoms with van der Waals surface area (Å²) in [5, 5.41) is 0. The van der Waals surface area contributed by atoms with Gasteiger partial charge in [-0.25, -0.2) is 0 Å². The maximum atomic E-state index is 12.8. The van der Waals surface area contributed by atoms with E-state index in [1.807, 2.05) is 34.9 Å². The van der Waals surface area contributed by atoms with E-state index in [-0.39, 0.29) is 11.8 Å². The largest absolute Gasteiger partial charge is 0.496 e. The number of carbonyl (C=O) groups is 2. The molecule has 142 valence electrons. The van der Waals surface area contributed by atoms with E-state index in [2.05, 4.69) is 4.98 Å². The summed E-state index contributed by atoms with van der Waals surface area (Å²) < 4.78 is 5.38. The lowest BCUT2D eigenvalue weighted by Crippen LogP contribution is -2.38. The van der Waals surface area contributed by atoms with Crippen LogP contribution in [-0.2, 0) is 11.2 Å². The number of hydrogen-bond donors (Lipinski definition) is 0. The molecule has 0 radical (unpaired) electrons. The number of ether oxygens (including phenoxy) is 1. The van der Waals surface area contributed by atoms with Gasteiger partial charge in [0.2, 0.25) is 5.91 Å². The maximum absolute atomic E-state index is 12.8. The number of aryl methyl sites for hydroxylation is 1. The van der Waals surface area contributed by atoms with Gasteiger partial charge < -0.3 is 14.5 Å². The lowest BCUT2D eigenvalue weighted by Gasteiger charge is -2.22. The summed E-state index contributed by atoms with van der Waals surface area (Å²) in [5.74, 6) is 0.794. The van der Waals surface area contributed by atoms with Gasteiger partial charge in [0.25, 0.3) is 5.91 Å². The molecule has 27 heavy (non-hydrogen) atoms. The van der Waals surface area contributed by atoms with Crippen LogP contribution in [0.1, 0.15) is 27.9 Å². The highest BCUT2D eigenvalue weighted by atomic mass is 16.5. The van der Waals surface area contributed by atoms with Gasteiger partial charge in [-0.15, -0.1) is 0 Å². The molecule has 3 rings (SSSR count). The molecular formula is C21H25N3O3. The molecule has 2 heterocycles. The summed E-state index contributed by atoms with van der Waals surface area (Å²) in [7, 11) is 1.62. The van der Waals surface area contributed by atoms with Gasteiger partial charge in [0.05, 0.1) is 13.5 Å². The van der Waals surface area contributed by atoms with Crippen LogP contribution in [0.2, 0.25) is 0 Å². The van der Waals surface area contributed by atoms with Gasteiger partial charge in [-0.05, 0) is 31.5 Å². The Balaban J connectivity index is 1.63. The molecule has 0 bridgehead atoms. The van der Waals surface area contributed by atoms with Crippen molar-refractivity contribution in [2.24, 2.45) is 0 Å². The molecular weight excluding hydrogens is 342 g/mol. The summed E-state index contributed by atoms with van der Waals surface area (Å²) in [6.07, 6.45) is 4.32. The van der Waals surface area contributed by atoms with E-state index in [9.17, 15) is 9.59 Å². The first-order chi connectivity index (χ1) is 13.1. The van der Waals surface area contributed by atoms with Crippen molar-refractivity contribution in [2.75, 3.05) is 33.3 Å². The van der Waals surface area contributed by atoms with E-state index in [1.165, 1.54) is 0 Å². The van der Waals surface area contributed by atoms with E-state index < -0.39 is 0 Å². The number of carbonyl (C=O) groups excluding carboxylic acids is 2. The lowest BCUT2D eigenvalue weighted by molar-refractivity contribution is -0.130. The van der Waals surface area contributed by atoms with Crippen LogP contribution in [0, 0.1) is 6.92 Å². The second-order valence-electron chi connectivity index (χ2n) is 6.75. The minimum Gasteiger partial charge on any atom is -0.496 e. The van der Waals surface area contributed by atoms with E-state index in [0.717, 1.165) is 23.3 Å². The highest BCUT2D eigenvalue weighted by Gasteiger charge is 2.23. The fourth-order valence-electron chi connectivity index (χ4n) is 3.37. The summed E-state index contributed by atoms with van der Waals surface area (Å²) in [5.41, 5.74) is 2.63. The fraction of sp³-hybridized carbons (Fsp3) is 0.381.